The molecule has 2 rings (SSSR count). The third-order valence-electron chi connectivity index (χ3n) is 3.06. The molecule has 110 valence electrons. The molecule has 6 heteroatoms. The quantitative estimate of drug-likeness (QED) is 0.680. The van der Waals surface area contributed by atoms with E-state index in [0.29, 0.717) is 5.69 Å². The summed E-state index contributed by atoms with van der Waals surface area (Å²) in [5, 5.41) is 7.76. The molecule has 0 radical (unpaired) electrons. The van der Waals surface area contributed by atoms with Gasteiger partial charge in [-0.3, -0.25) is 9.48 Å². The normalized spacial score (nSPS) is 11.0. The van der Waals surface area contributed by atoms with E-state index in [-0.39, 0.29) is 12.5 Å². The zero-order valence-electron chi connectivity index (χ0n) is 12.2. The second-order valence-corrected chi connectivity index (χ2v) is 4.63. The smallest absolute Gasteiger partial charge is 0.330 e. The van der Waals surface area contributed by atoms with Crippen molar-refractivity contribution < 1.29 is 14.3 Å². The molecule has 0 unspecified atom stereocenters. The Morgan fingerprint density at radius 2 is 2.19 bits per heavy atom. The predicted molar refractivity (Wildman–Crippen MR) is 78.9 cm³/mol. The van der Waals surface area contributed by atoms with Gasteiger partial charge in [0.25, 0.3) is 5.91 Å². The maximum atomic E-state index is 12.2. The van der Waals surface area contributed by atoms with Gasteiger partial charge in [-0.2, -0.15) is 5.10 Å². The van der Waals surface area contributed by atoms with E-state index >= 15 is 0 Å². The lowest BCUT2D eigenvalue weighted by atomic mass is 10.1. The minimum atomic E-state index is -0.455. The Bertz CT molecular complexity index is 716. The third-order valence-corrected chi connectivity index (χ3v) is 3.06. The summed E-state index contributed by atoms with van der Waals surface area (Å²) in [6.07, 6.45) is 2.79. The number of fused-ring (bicyclic) bond motifs is 1. The first kappa shape index (κ1) is 14.8. The van der Waals surface area contributed by atoms with E-state index in [1.807, 2.05) is 25.1 Å². The van der Waals surface area contributed by atoms with Crippen LogP contribution in [0.15, 0.2) is 30.4 Å². The van der Waals surface area contributed by atoms with E-state index in [2.05, 4.69) is 15.2 Å². The Kier molecular flexibility index (Phi) is 4.37. The van der Waals surface area contributed by atoms with Crippen molar-refractivity contribution in [1.82, 2.24) is 15.1 Å². The second kappa shape index (κ2) is 6.21. The summed E-state index contributed by atoms with van der Waals surface area (Å²) in [6, 6.07) is 5.85. The lowest BCUT2D eigenvalue weighted by Gasteiger charge is -2.00. The predicted octanol–water partition coefficient (Wildman–Crippen LogP) is 1.34. The highest BCUT2D eigenvalue weighted by molar-refractivity contribution is 6.05. The number of rotatable bonds is 4. The molecule has 1 aromatic heterocycles. The van der Waals surface area contributed by atoms with Crippen LogP contribution in [0.4, 0.5) is 0 Å². The van der Waals surface area contributed by atoms with E-state index in [9.17, 15) is 9.59 Å². The Morgan fingerprint density at radius 1 is 1.43 bits per heavy atom. The zero-order chi connectivity index (χ0) is 15.4. The number of aromatic nitrogens is 2. The van der Waals surface area contributed by atoms with Gasteiger partial charge in [-0.05, 0) is 19.1 Å². The van der Waals surface area contributed by atoms with Crippen molar-refractivity contribution in [3.8, 4) is 0 Å². The number of benzene rings is 1. The van der Waals surface area contributed by atoms with Crippen LogP contribution < -0.4 is 5.32 Å². The standard InChI is InChI=1S/C15H17N3O3/c1-10-6-7-12-11(9-10)14(17-18(12)2)15(20)16-8-4-5-13(19)21-3/h4-7,9H,8H2,1-3H3,(H,16,20)/b5-4+. The molecule has 0 saturated carbocycles. The van der Waals surface area contributed by atoms with Gasteiger partial charge < -0.3 is 10.1 Å². The number of hydrogen-bond donors (Lipinski definition) is 1. The molecule has 0 fully saturated rings. The van der Waals surface area contributed by atoms with E-state index in [1.165, 1.54) is 19.3 Å². The van der Waals surface area contributed by atoms with E-state index in [0.717, 1.165) is 16.5 Å². The topological polar surface area (TPSA) is 73.2 Å². The highest BCUT2D eigenvalue weighted by Gasteiger charge is 2.15. The Balaban J connectivity index is 2.15. The molecule has 0 bridgehead atoms. The Morgan fingerprint density at radius 3 is 2.90 bits per heavy atom. The molecule has 0 saturated heterocycles. The maximum absolute atomic E-state index is 12.2. The fraction of sp³-hybridized carbons (Fsp3) is 0.267. The first-order valence-electron chi connectivity index (χ1n) is 6.49. The van der Waals surface area contributed by atoms with E-state index in [1.54, 1.807) is 11.7 Å². The maximum Gasteiger partial charge on any atom is 0.330 e. The molecule has 0 aliphatic rings. The van der Waals surface area contributed by atoms with Crippen LogP contribution in [0.2, 0.25) is 0 Å². The number of methoxy groups -OCH3 is 1. The van der Waals surface area contributed by atoms with E-state index < -0.39 is 5.97 Å². The molecule has 21 heavy (non-hydrogen) atoms. The average Bonchev–Trinajstić information content (AvgIpc) is 2.79. The number of amides is 1. The molecule has 2 aromatic rings. The highest BCUT2D eigenvalue weighted by atomic mass is 16.5. The van der Waals surface area contributed by atoms with Gasteiger partial charge in [-0.1, -0.05) is 17.7 Å². The van der Waals surface area contributed by atoms with Crippen molar-refractivity contribution in [2.45, 2.75) is 6.92 Å². The Labute approximate surface area is 122 Å². The number of carbonyl (C=O) groups excluding carboxylic acids is 2. The third kappa shape index (κ3) is 3.28. The number of aryl methyl sites for hydroxylation is 2. The van der Waals surface area contributed by atoms with Crippen LogP contribution in [0.3, 0.4) is 0 Å². The summed E-state index contributed by atoms with van der Waals surface area (Å²) < 4.78 is 6.14. The zero-order valence-corrected chi connectivity index (χ0v) is 12.2. The van der Waals surface area contributed by atoms with Gasteiger partial charge in [-0.25, -0.2) is 4.79 Å². The highest BCUT2D eigenvalue weighted by Crippen LogP contribution is 2.19. The molecule has 0 aliphatic heterocycles. The molecule has 1 N–H and O–H groups in total. The van der Waals surface area contributed by atoms with Crippen LogP contribution in [0, 0.1) is 6.92 Å². The summed E-state index contributed by atoms with van der Waals surface area (Å²) in [5.41, 5.74) is 2.34. The summed E-state index contributed by atoms with van der Waals surface area (Å²) in [7, 11) is 3.10. The fourth-order valence-corrected chi connectivity index (χ4v) is 2.01. The van der Waals surface area contributed by atoms with Gasteiger partial charge in [0, 0.05) is 25.1 Å². The van der Waals surface area contributed by atoms with Crippen LogP contribution in [0.25, 0.3) is 10.9 Å². The second-order valence-electron chi connectivity index (χ2n) is 4.63. The monoisotopic (exact) mass is 287 g/mol. The van der Waals surface area contributed by atoms with Crippen molar-refractivity contribution in [3.63, 3.8) is 0 Å². The van der Waals surface area contributed by atoms with Crippen LogP contribution in [0.1, 0.15) is 16.1 Å². The largest absolute Gasteiger partial charge is 0.466 e. The minimum Gasteiger partial charge on any atom is -0.466 e. The van der Waals surface area contributed by atoms with Gasteiger partial charge in [0.2, 0.25) is 0 Å². The summed E-state index contributed by atoms with van der Waals surface area (Å²) in [5.74, 6) is -0.733. The average molecular weight is 287 g/mol. The molecule has 0 atom stereocenters. The van der Waals surface area contributed by atoms with Gasteiger partial charge in [-0.15, -0.1) is 0 Å². The van der Waals surface area contributed by atoms with Gasteiger partial charge in [0.05, 0.1) is 12.6 Å². The summed E-state index contributed by atoms with van der Waals surface area (Å²) in [6.45, 7) is 2.20. The number of hydrogen-bond acceptors (Lipinski definition) is 4. The van der Waals surface area contributed by atoms with Crippen LogP contribution in [-0.2, 0) is 16.6 Å². The van der Waals surface area contributed by atoms with Gasteiger partial charge >= 0.3 is 5.97 Å². The van der Waals surface area contributed by atoms with E-state index in [4.69, 9.17) is 0 Å². The number of ether oxygens (including phenoxy) is 1. The van der Waals surface area contributed by atoms with Crippen molar-refractivity contribution in [3.05, 3.63) is 41.6 Å². The van der Waals surface area contributed by atoms with Crippen LogP contribution in [0.5, 0.6) is 0 Å². The lowest BCUT2D eigenvalue weighted by molar-refractivity contribution is -0.134. The van der Waals surface area contributed by atoms with Crippen LogP contribution >= 0.6 is 0 Å². The molecular formula is C15H17N3O3. The molecule has 0 spiro atoms. The molecular weight excluding hydrogens is 270 g/mol. The van der Waals surface area contributed by atoms with Crippen molar-refractivity contribution in [2.24, 2.45) is 7.05 Å². The van der Waals surface area contributed by atoms with Crippen LogP contribution in [-0.4, -0.2) is 35.3 Å². The molecule has 0 aliphatic carbocycles. The van der Waals surface area contributed by atoms with Gasteiger partial charge in [0.15, 0.2) is 5.69 Å². The summed E-state index contributed by atoms with van der Waals surface area (Å²) >= 11 is 0. The molecule has 1 amide bonds. The number of nitrogens with one attached hydrogen (secondary N) is 1. The summed E-state index contributed by atoms with van der Waals surface area (Å²) in [4.78, 5) is 23.1. The Hall–Kier alpha value is -2.63. The lowest BCUT2D eigenvalue weighted by Crippen LogP contribution is -2.24. The van der Waals surface area contributed by atoms with Crippen molar-refractivity contribution in [2.75, 3.05) is 13.7 Å². The van der Waals surface area contributed by atoms with Gasteiger partial charge in [0.1, 0.15) is 0 Å². The SMILES string of the molecule is COC(=O)/C=C/CNC(=O)c1nn(C)c2ccc(C)cc12. The molecule has 1 heterocycles. The fourth-order valence-electron chi connectivity index (χ4n) is 2.01. The number of esters is 1. The minimum absolute atomic E-state index is 0.234. The van der Waals surface area contributed by atoms with Crippen molar-refractivity contribution >= 4 is 22.8 Å². The first-order valence-corrected chi connectivity index (χ1v) is 6.49. The number of carbonyl (C=O) groups is 2. The molecule has 6 nitrogen and oxygen atoms in total. The molecule has 1 aromatic carbocycles. The first-order chi connectivity index (χ1) is 10.0. The number of nitrogens with zero attached hydrogens (tertiary/aromatic N) is 2. The van der Waals surface area contributed by atoms with Crippen molar-refractivity contribution in [1.29, 1.82) is 0 Å².